The van der Waals surface area contributed by atoms with Gasteiger partial charge in [-0.2, -0.15) is 0 Å². The van der Waals surface area contributed by atoms with E-state index in [1.54, 1.807) is 41.5 Å². The van der Waals surface area contributed by atoms with Crippen molar-refractivity contribution in [3.63, 3.8) is 0 Å². The van der Waals surface area contributed by atoms with Crippen molar-refractivity contribution in [2.24, 2.45) is 0 Å². The van der Waals surface area contributed by atoms with E-state index in [0.717, 1.165) is 0 Å². The highest BCUT2D eigenvalue weighted by atomic mass is 32.2. The summed E-state index contributed by atoms with van der Waals surface area (Å²) < 4.78 is 15.3. The Kier molecular flexibility index (Phi) is 5.52. The van der Waals surface area contributed by atoms with E-state index in [2.05, 4.69) is 19.9 Å². The van der Waals surface area contributed by atoms with Crippen LogP contribution in [-0.4, -0.2) is 62.3 Å². The zero-order valence-corrected chi connectivity index (χ0v) is 15.9. The molecular formula is C19H19FN6OS. The normalized spacial score (nSPS) is 14.3. The van der Waals surface area contributed by atoms with Crippen LogP contribution >= 0.6 is 11.8 Å². The van der Waals surface area contributed by atoms with Gasteiger partial charge in [-0.25, -0.2) is 19.3 Å². The molecule has 0 N–H and O–H groups in total. The molecule has 1 fully saturated rings. The minimum absolute atomic E-state index is 0.0624. The number of imidazole rings is 1. The molecule has 0 aliphatic carbocycles. The fraction of sp³-hybridized carbons (Fsp3) is 0.263. The molecule has 1 saturated heterocycles. The van der Waals surface area contributed by atoms with Crippen LogP contribution in [0.2, 0.25) is 0 Å². The van der Waals surface area contributed by atoms with Gasteiger partial charge in [0.15, 0.2) is 5.16 Å². The Hall–Kier alpha value is -2.94. The van der Waals surface area contributed by atoms with Crippen LogP contribution in [0.1, 0.15) is 0 Å². The Bertz CT molecular complexity index is 942. The van der Waals surface area contributed by atoms with Crippen LogP contribution in [0.3, 0.4) is 0 Å². The van der Waals surface area contributed by atoms with E-state index in [-0.39, 0.29) is 17.5 Å². The number of hydrogen-bond donors (Lipinski definition) is 0. The molecule has 0 unspecified atom stereocenters. The van der Waals surface area contributed by atoms with Crippen molar-refractivity contribution in [2.75, 3.05) is 36.8 Å². The van der Waals surface area contributed by atoms with Crippen LogP contribution in [0.5, 0.6) is 0 Å². The van der Waals surface area contributed by atoms with Crippen molar-refractivity contribution in [2.45, 2.75) is 5.16 Å². The molecule has 1 aliphatic rings. The van der Waals surface area contributed by atoms with Gasteiger partial charge in [0, 0.05) is 51.0 Å². The molecule has 3 heterocycles. The van der Waals surface area contributed by atoms with E-state index in [0.29, 0.717) is 43.0 Å². The number of piperazine rings is 1. The van der Waals surface area contributed by atoms with Gasteiger partial charge in [0.25, 0.3) is 0 Å². The zero-order valence-electron chi connectivity index (χ0n) is 15.1. The maximum absolute atomic E-state index is 13.5. The second kappa shape index (κ2) is 8.39. The lowest BCUT2D eigenvalue weighted by Crippen LogP contribution is -2.49. The molecule has 28 heavy (non-hydrogen) atoms. The van der Waals surface area contributed by atoms with E-state index >= 15 is 0 Å². The fourth-order valence-electron chi connectivity index (χ4n) is 3.05. The minimum Gasteiger partial charge on any atom is -0.338 e. The third-order valence-electron chi connectivity index (χ3n) is 4.49. The van der Waals surface area contributed by atoms with Gasteiger partial charge >= 0.3 is 0 Å². The van der Waals surface area contributed by atoms with Crippen LogP contribution in [-0.2, 0) is 4.79 Å². The fourth-order valence-corrected chi connectivity index (χ4v) is 3.92. The average Bonchev–Trinajstić information content (AvgIpc) is 3.21. The standard InChI is InChI=1S/C19H19FN6OS/c20-15-3-1-4-16(13-15)26-8-7-23-19(26)28-14-17(27)24-9-11-25(12-10-24)18-21-5-2-6-22-18/h1-8,13H,9-12,14H2. The third kappa shape index (κ3) is 4.14. The number of hydrogen-bond acceptors (Lipinski definition) is 6. The summed E-state index contributed by atoms with van der Waals surface area (Å²) in [6, 6.07) is 8.09. The molecular weight excluding hydrogens is 379 g/mol. The minimum atomic E-state index is -0.307. The molecule has 4 rings (SSSR count). The number of nitrogens with zero attached hydrogens (tertiary/aromatic N) is 6. The lowest BCUT2D eigenvalue weighted by Gasteiger charge is -2.34. The van der Waals surface area contributed by atoms with E-state index in [1.807, 2.05) is 11.0 Å². The third-order valence-corrected chi connectivity index (χ3v) is 5.44. The number of thioether (sulfide) groups is 1. The molecule has 9 heteroatoms. The Labute approximate surface area is 166 Å². The van der Waals surface area contributed by atoms with Gasteiger partial charge in [-0.15, -0.1) is 0 Å². The second-order valence-corrected chi connectivity index (χ2v) is 7.21. The van der Waals surface area contributed by atoms with Crippen molar-refractivity contribution < 1.29 is 9.18 Å². The summed E-state index contributed by atoms with van der Waals surface area (Å²) >= 11 is 1.35. The zero-order chi connectivity index (χ0) is 19.3. The molecule has 2 aromatic heterocycles. The maximum Gasteiger partial charge on any atom is 0.233 e. The first-order chi connectivity index (χ1) is 13.7. The summed E-state index contributed by atoms with van der Waals surface area (Å²) in [5.74, 6) is 0.737. The molecule has 0 spiro atoms. The average molecular weight is 398 g/mol. The number of aromatic nitrogens is 4. The molecule has 0 bridgehead atoms. The summed E-state index contributed by atoms with van der Waals surface area (Å²) in [7, 11) is 0. The van der Waals surface area contributed by atoms with Gasteiger partial charge in [0.2, 0.25) is 11.9 Å². The molecule has 0 radical (unpaired) electrons. The molecule has 1 amide bonds. The molecule has 0 atom stereocenters. The Morgan fingerprint density at radius 2 is 1.82 bits per heavy atom. The Morgan fingerprint density at radius 3 is 2.57 bits per heavy atom. The summed E-state index contributed by atoms with van der Waals surface area (Å²) in [4.78, 5) is 29.3. The number of benzene rings is 1. The summed E-state index contributed by atoms with van der Waals surface area (Å²) in [5.41, 5.74) is 0.684. The molecule has 3 aromatic rings. The van der Waals surface area contributed by atoms with Crippen molar-refractivity contribution in [3.8, 4) is 5.69 Å². The second-order valence-electron chi connectivity index (χ2n) is 6.26. The van der Waals surface area contributed by atoms with Crippen LogP contribution < -0.4 is 4.90 Å². The van der Waals surface area contributed by atoms with Crippen LogP contribution in [0.4, 0.5) is 10.3 Å². The highest BCUT2D eigenvalue weighted by Gasteiger charge is 2.23. The molecule has 1 aliphatic heterocycles. The maximum atomic E-state index is 13.5. The Balaban J connectivity index is 1.33. The van der Waals surface area contributed by atoms with Crippen molar-refractivity contribution in [1.82, 2.24) is 24.4 Å². The quantitative estimate of drug-likeness (QED) is 0.614. The van der Waals surface area contributed by atoms with E-state index in [9.17, 15) is 9.18 Å². The lowest BCUT2D eigenvalue weighted by atomic mass is 10.3. The van der Waals surface area contributed by atoms with Gasteiger partial charge < -0.3 is 9.80 Å². The van der Waals surface area contributed by atoms with Gasteiger partial charge in [-0.05, 0) is 24.3 Å². The highest BCUT2D eigenvalue weighted by Crippen LogP contribution is 2.21. The highest BCUT2D eigenvalue weighted by molar-refractivity contribution is 7.99. The number of rotatable bonds is 5. The predicted octanol–water partition coefficient (Wildman–Crippen LogP) is 2.24. The van der Waals surface area contributed by atoms with Gasteiger partial charge in [-0.3, -0.25) is 9.36 Å². The first-order valence-electron chi connectivity index (χ1n) is 8.92. The van der Waals surface area contributed by atoms with E-state index < -0.39 is 0 Å². The number of anilines is 1. The van der Waals surface area contributed by atoms with Crippen LogP contribution in [0, 0.1) is 5.82 Å². The monoisotopic (exact) mass is 398 g/mol. The molecule has 1 aromatic carbocycles. The first kappa shape index (κ1) is 18.4. The summed E-state index contributed by atoms with van der Waals surface area (Å²) in [6.45, 7) is 2.68. The van der Waals surface area contributed by atoms with E-state index in [4.69, 9.17) is 0 Å². The van der Waals surface area contributed by atoms with Crippen LogP contribution in [0.15, 0.2) is 60.3 Å². The van der Waals surface area contributed by atoms with Gasteiger partial charge in [0.05, 0.1) is 11.4 Å². The number of carbonyl (C=O) groups excluding carboxylic acids is 1. The van der Waals surface area contributed by atoms with Crippen molar-refractivity contribution >= 4 is 23.6 Å². The van der Waals surface area contributed by atoms with Crippen molar-refractivity contribution in [1.29, 1.82) is 0 Å². The largest absolute Gasteiger partial charge is 0.338 e. The number of halogens is 1. The number of amides is 1. The summed E-state index contributed by atoms with van der Waals surface area (Å²) in [6.07, 6.45) is 6.85. The van der Waals surface area contributed by atoms with Crippen LogP contribution in [0.25, 0.3) is 5.69 Å². The first-order valence-corrected chi connectivity index (χ1v) is 9.91. The topological polar surface area (TPSA) is 67.2 Å². The smallest absolute Gasteiger partial charge is 0.233 e. The molecule has 144 valence electrons. The van der Waals surface area contributed by atoms with Crippen molar-refractivity contribution in [3.05, 3.63) is 60.9 Å². The lowest BCUT2D eigenvalue weighted by molar-refractivity contribution is -0.128. The van der Waals surface area contributed by atoms with Gasteiger partial charge in [0.1, 0.15) is 5.82 Å². The van der Waals surface area contributed by atoms with E-state index in [1.165, 1.54) is 23.9 Å². The number of carbonyl (C=O) groups is 1. The SMILES string of the molecule is O=C(CSc1nccn1-c1cccc(F)c1)N1CCN(c2ncccn2)CC1. The molecule has 7 nitrogen and oxygen atoms in total. The van der Waals surface area contributed by atoms with Gasteiger partial charge in [-0.1, -0.05) is 17.8 Å². The Morgan fingerprint density at radius 1 is 1.04 bits per heavy atom. The molecule has 0 saturated carbocycles. The predicted molar refractivity (Wildman–Crippen MR) is 105 cm³/mol. The summed E-state index contributed by atoms with van der Waals surface area (Å²) in [5, 5.41) is 0.662.